The molecule has 4 rings (SSSR count). The molecule has 1 fully saturated rings. The van der Waals surface area contributed by atoms with Crippen molar-refractivity contribution >= 4 is 17.5 Å². The van der Waals surface area contributed by atoms with Crippen LogP contribution in [0.2, 0.25) is 0 Å². The van der Waals surface area contributed by atoms with E-state index in [1.165, 1.54) is 0 Å². The normalized spacial score (nSPS) is 16.5. The van der Waals surface area contributed by atoms with Crippen LogP contribution >= 0.6 is 0 Å². The molecule has 0 atom stereocenters. The average Bonchev–Trinajstić information content (AvgIpc) is 3.49. The minimum Gasteiger partial charge on any atom is -0.486 e. The predicted octanol–water partition coefficient (Wildman–Crippen LogP) is 1.89. The number of anilines is 1. The third-order valence-corrected chi connectivity index (χ3v) is 4.62. The van der Waals surface area contributed by atoms with Gasteiger partial charge in [-0.25, -0.2) is 0 Å². The number of rotatable bonds is 5. The van der Waals surface area contributed by atoms with Crippen molar-refractivity contribution < 1.29 is 19.1 Å². The molecule has 0 bridgehead atoms. The molecule has 0 radical (unpaired) electrons. The molecule has 0 saturated heterocycles. The number of carbonyl (C=O) groups is 2. The monoisotopic (exact) mass is 353 g/mol. The molecule has 1 saturated carbocycles. The van der Waals surface area contributed by atoms with Crippen LogP contribution in [0.25, 0.3) is 0 Å². The van der Waals surface area contributed by atoms with E-state index in [9.17, 15) is 9.59 Å². The van der Waals surface area contributed by atoms with Gasteiger partial charge in [-0.15, -0.1) is 0 Å². The van der Waals surface area contributed by atoms with Gasteiger partial charge in [0.1, 0.15) is 18.6 Å². The Balaban J connectivity index is 1.40. The lowest BCUT2D eigenvalue weighted by molar-refractivity contribution is -0.134. The number of hydrogen-bond acceptors (Lipinski definition) is 5. The van der Waals surface area contributed by atoms with E-state index in [4.69, 9.17) is 9.47 Å². The summed E-state index contributed by atoms with van der Waals surface area (Å²) in [4.78, 5) is 29.1. The van der Waals surface area contributed by atoms with Gasteiger partial charge < -0.3 is 20.1 Å². The standard InChI is InChI=1S/C19H19N3O4/c23-17(21-12-13-3-7-20-8-4-13)19(5-6-19)18(24)22-14-1-2-15-16(11-14)26-10-9-25-15/h1-4,7-8,11H,5-6,9-10,12H2,(H,21,23)(H,22,24). The molecule has 26 heavy (non-hydrogen) atoms. The van der Waals surface area contributed by atoms with Crippen molar-refractivity contribution in [2.24, 2.45) is 5.41 Å². The smallest absolute Gasteiger partial charge is 0.240 e. The van der Waals surface area contributed by atoms with Gasteiger partial charge in [-0.2, -0.15) is 0 Å². The molecule has 2 aliphatic rings. The third kappa shape index (κ3) is 3.20. The molecule has 1 aromatic heterocycles. The molecule has 2 heterocycles. The molecule has 7 nitrogen and oxygen atoms in total. The Morgan fingerprint density at radius 1 is 1.00 bits per heavy atom. The quantitative estimate of drug-likeness (QED) is 0.801. The lowest BCUT2D eigenvalue weighted by Gasteiger charge is -2.20. The summed E-state index contributed by atoms with van der Waals surface area (Å²) < 4.78 is 11.0. The van der Waals surface area contributed by atoms with Gasteiger partial charge in [-0.1, -0.05) is 0 Å². The summed E-state index contributed by atoms with van der Waals surface area (Å²) in [6.07, 6.45) is 4.43. The van der Waals surface area contributed by atoms with Crippen LogP contribution in [-0.2, 0) is 16.1 Å². The number of benzene rings is 1. The molecule has 1 aliphatic carbocycles. The van der Waals surface area contributed by atoms with Gasteiger partial charge in [0.05, 0.1) is 0 Å². The van der Waals surface area contributed by atoms with Gasteiger partial charge >= 0.3 is 0 Å². The summed E-state index contributed by atoms with van der Waals surface area (Å²) in [5.74, 6) is 0.720. The van der Waals surface area contributed by atoms with Gasteiger partial charge in [-0.05, 0) is 42.7 Å². The maximum absolute atomic E-state index is 12.7. The predicted molar refractivity (Wildman–Crippen MR) is 93.8 cm³/mol. The van der Waals surface area contributed by atoms with Gasteiger partial charge in [0, 0.05) is 30.7 Å². The number of fused-ring (bicyclic) bond motifs is 1. The molecule has 134 valence electrons. The number of amides is 2. The second-order valence-electron chi connectivity index (χ2n) is 6.43. The summed E-state index contributed by atoms with van der Waals surface area (Å²) in [6, 6.07) is 8.88. The Morgan fingerprint density at radius 3 is 2.46 bits per heavy atom. The first-order valence-electron chi connectivity index (χ1n) is 8.56. The zero-order valence-corrected chi connectivity index (χ0v) is 14.2. The molecule has 2 amide bonds. The van der Waals surface area contributed by atoms with E-state index in [1.807, 2.05) is 12.1 Å². The number of ether oxygens (including phenoxy) is 2. The summed E-state index contributed by atoms with van der Waals surface area (Å²) in [7, 11) is 0. The second kappa shape index (κ2) is 6.67. The van der Waals surface area contributed by atoms with Crippen LogP contribution in [0.1, 0.15) is 18.4 Å². The van der Waals surface area contributed by atoms with Crippen molar-refractivity contribution in [2.45, 2.75) is 19.4 Å². The first-order chi connectivity index (χ1) is 12.7. The summed E-state index contributed by atoms with van der Waals surface area (Å²) >= 11 is 0. The molecule has 7 heteroatoms. The fraction of sp³-hybridized carbons (Fsp3) is 0.316. The van der Waals surface area contributed by atoms with Crippen molar-refractivity contribution in [1.29, 1.82) is 0 Å². The van der Waals surface area contributed by atoms with Crippen LogP contribution < -0.4 is 20.1 Å². The van der Waals surface area contributed by atoms with Gasteiger partial charge in [0.15, 0.2) is 11.5 Å². The Hall–Kier alpha value is -3.09. The van der Waals surface area contributed by atoms with E-state index in [2.05, 4.69) is 15.6 Å². The van der Waals surface area contributed by atoms with Crippen molar-refractivity contribution in [3.05, 3.63) is 48.3 Å². The van der Waals surface area contributed by atoms with Crippen molar-refractivity contribution in [2.75, 3.05) is 18.5 Å². The lowest BCUT2D eigenvalue weighted by atomic mass is 10.0. The van der Waals surface area contributed by atoms with Gasteiger partial charge in [0.2, 0.25) is 11.8 Å². The van der Waals surface area contributed by atoms with Crippen molar-refractivity contribution in [1.82, 2.24) is 10.3 Å². The lowest BCUT2D eigenvalue weighted by Crippen LogP contribution is -2.39. The highest BCUT2D eigenvalue weighted by atomic mass is 16.6. The van der Waals surface area contributed by atoms with E-state index < -0.39 is 5.41 Å². The molecule has 2 aromatic rings. The SMILES string of the molecule is O=C(NCc1ccncc1)C1(C(=O)Nc2ccc3c(c2)OCCO3)CC1. The zero-order chi connectivity index (χ0) is 18.0. The minimum atomic E-state index is -0.986. The maximum Gasteiger partial charge on any atom is 0.240 e. The number of hydrogen-bond donors (Lipinski definition) is 2. The van der Waals surface area contributed by atoms with E-state index in [0.29, 0.717) is 49.8 Å². The summed E-state index contributed by atoms with van der Waals surface area (Å²) in [5.41, 5.74) is 0.546. The maximum atomic E-state index is 12.7. The van der Waals surface area contributed by atoms with E-state index in [-0.39, 0.29) is 11.8 Å². The largest absolute Gasteiger partial charge is 0.486 e. The Morgan fingerprint density at radius 2 is 1.73 bits per heavy atom. The molecule has 2 N–H and O–H groups in total. The topological polar surface area (TPSA) is 89.6 Å². The Kier molecular flexibility index (Phi) is 4.20. The van der Waals surface area contributed by atoms with E-state index in [0.717, 1.165) is 5.56 Å². The number of aromatic nitrogens is 1. The van der Waals surface area contributed by atoms with Crippen LogP contribution in [0.15, 0.2) is 42.7 Å². The van der Waals surface area contributed by atoms with Crippen molar-refractivity contribution in [3.63, 3.8) is 0 Å². The highest BCUT2D eigenvalue weighted by molar-refractivity contribution is 6.13. The fourth-order valence-electron chi connectivity index (χ4n) is 2.91. The zero-order valence-electron chi connectivity index (χ0n) is 14.2. The van der Waals surface area contributed by atoms with Crippen molar-refractivity contribution in [3.8, 4) is 11.5 Å². The van der Waals surface area contributed by atoms with Crippen LogP contribution in [-0.4, -0.2) is 30.0 Å². The highest BCUT2D eigenvalue weighted by Crippen LogP contribution is 2.47. The molecule has 0 unspecified atom stereocenters. The highest BCUT2D eigenvalue weighted by Gasteiger charge is 2.56. The number of nitrogens with one attached hydrogen (secondary N) is 2. The number of pyridine rings is 1. The van der Waals surface area contributed by atoms with Gasteiger partial charge in [0.25, 0.3) is 0 Å². The third-order valence-electron chi connectivity index (χ3n) is 4.62. The molecule has 0 spiro atoms. The first kappa shape index (κ1) is 16.4. The Labute approximate surface area is 150 Å². The molecule has 1 aromatic carbocycles. The summed E-state index contributed by atoms with van der Waals surface area (Å²) in [5, 5.41) is 5.67. The molecular weight excluding hydrogens is 334 g/mol. The molecular formula is C19H19N3O4. The number of nitrogens with zero attached hydrogens (tertiary/aromatic N) is 1. The average molecular weight is 353 g/mol. The van der Waals surface area contributed by atoms with E-state index >= 15 is 0 Å². The van der Waals surface area contributed by atoms with Crippen LogP contribution in [0.5, 0.6) is 11.5 Å². The van der Waals surface area contributed by atoms with Crippen LogP contribution in [0.4, 0.5) is 5.69 Å². The van der Waals surface area contributed by atoms with Gasteiger partial charge in [-0.3, -0.25) is 14.6 Å². The first-order valence-corrected chi connectivity index (χ1v) is 8.56. The Bertz CT molecular complexity index is 834. The van der Waals surface area contributed by atoms with Crippen LogP contribution in [0, 0.1) is 5.41 Å². The molecule has 1 aliphatic heterocycles. The van der Waals surface area contributed by atoms with E-state index in [1.54, 1.807) is 30.6 Å². The minimum absolute atomic E-state index is 0.246. The summed E-state index contributed by atoms with van der Waals surface area (Å²) in [6.45, 7) is 1.37. The van der Waals surface area contributed by atoms with Crippen LogP contribution in [0.3, 0.4) is 0 Å². The second-order valence-corrected chi connectivity index (χ2v) is 6.43. The fourth-order valence-corrected chi connectivity index (χ4v) is 2.91. The number of carbonyl (C=O) groups excluding carboxylic acids is 2.